The molecule has 1 aliphatic carbocycles. The zero-order valence-corrected chi connectivity index (χ0v) is 13.3. The van der Waals surface area contributed by atoms with E-state index >= 15 is 0 Å². The number of rotatable bonds is 4. The molecule has 1 aliphatic heterocycles. The second kappa shape index (κ2) is 5.61. The van der Waals surface area contributed by atoms with Crippen LogP contribution in [0.1, 0.15) is 24.8 Å². The van der Waals surface area contributed by atoms with Crippen molar-refractivity contribution in [1.29, 1.82) is 0 Å². The maximum atomic E-state index is 5.84. The van der Waals surface area contributed by atoms with E-state index in [0.717, 1.165) is 34.4 Å². The summed E-state index contributed by atoms with van der Waals surface area (Å²) < 4.78 is 8.06. The Bertz CT molecular complexity index is 434. The summed E-state index contributed by atoms with van der Waals surface area (Å²) in [4.78, 5) is 0. The van der Waals surface area contributed by atoms with E-state index < -0.39 is 0 Å². The molecule has 98 valence electrons. The lowest BCUT2D eigenvalue weighted by molar-refractivity contribution is 0.0809. The molecule has 2 aliphatic rings. The Balaban J connectivity index is 1.58. The molecule has 0 aromatic heterocycles. The molecule has 1 saturated heterocycles. The summed E-state index contributed by atoms with van der Waals surface area (Å²) in [7, 11) is 0. The molecule has 0 amide bonds. The van der Waals surface area contributed by atoms with Gasteiger partial charge in [-0.25, -0.2) is 0 Å². The minimum absolute atomic E-state index is 0.462. The summed E-state index contributed by atoms with van der Waals surface area (Å²) >= 11 is 7.04. The van der Waals surface area contributed by atoms with Crippen molar-refractivity contribution in [2.24, 2.45) is 5.92 Å². The second-order valence-corrected chi connectivity index (χ2v) is 6.91. The van der Waals surface area contributed by atoms with Gasteiger partial charge in [0.1, 0.15) is 0 Å². The van der Waals surface area contributed by atoms with Gasteiger partial charge >= 0.3 is 0 Å². The van der Waals surface area contributed by atoms with Crippen molar-refractivity contribution in [2.45, 2.75) is 38.0 Å². The highest BCUT2D eigenvalue weighted by atomic mass is 79.9. The molecule has 1 heterocycles. The fourth-order valence-electron chi connectivity index (χ4n) is 2.62. The van der Waals surface area contributed by atoms with Crippen molar-refractivity contribution < 1.29 is 4.74 Å². The maximum Gasteiger partial charge on any atom is 0.0757 e. The molecule has 2 unspecified atom stereocenters. The van der Waals surface area contributed by atoms with E-state index in [2.05, 4.69) is 55.4 Å². The van der Waals surface area contributed by atoms with Crippen molar-refractivity contribution in [2.75, 3.05) is 6.61 Å². The Hall–Kier alpha value is 0.1000. The lowest BCUT2D eigenvalue weighted by Gasteiger charge is -2.19. The van der Waals surface area contributed by atoms with E-state index in [1.165, 1.54) is 18.4 Å². The molecule has 2 nitrogen and oxygen atoms in total. The van der Waals surface area contributed by atoms with Crippen LogP contribution in [-0.2, 0) is 11.3 Å². The number of hydrogen-bond acceptors (Lipinski definition) is 2. The van der Waals surface area contributed by atoms with Crippen LogP contribution >= 0.6 is 31.9 Å². The van der Waals surface area contributed by atoms with Crippen LogP contribution < -0.4 is 5.32 Å². The average Bonchev–Trinajstić information content (AvgIpc) is 3.10. The van der Waals surface area contributed by atoms with Crippen LogP contribution in [0.4, 0.5) is 0 Å². The number of nitrogens with one attached hydrogen (secondary N) is 1. The first kappa shape index (κ1) is 13.1. The van der Waals surface area contributed by atoms with Crippen LogP contribution in [0.25, 0.3) is 0 Å². The molecule has 0 bridgehead atoms. The highest BCUT2D eigenvalue weighted by molar-refractivity contribution is 9.13. The third-order valence-electron chi connectivity index (χ3n) is 3.77. The molecule has 2 atom stereocenters. The van der Waals surface area contributed by atoms with Gasteiger partial charge in [0.15, 0.2) is 0 Å². The first-order chi connectivity index (χ1) is 8.74. The van der Waals surface area contributed by atoms with Crippen molar-refractivity contribution >= 4 is 31.9 Å². The summed E-state index contributed by atoms with van der Waals surface area (Å²) in [5, 5.41) is 3.65. The van der Waals surface area contributed by atoms with Gasteiger partial charge < -0.3 is 10.1 Å². The van der Waals surface area contributed by atoms with E-state index in [1.54, 1.807) is 0 Å². The topological polar surface area (TPSA) is 21.3 Å². The molecule has 1 saturated carbocycles. The van der Waals surface area contributed by atoms with Crippen LogP contribution in [0.15, 0.2) is 27.1 Å². The molecule has 4 heteroatoms. The summed E-state index contributed by atoms with van der Waals surface area (Å²) in [6, 6.07) is 6.95. The van der Waals surface area contributed by atoms with Gasteiger partial charge in [-0.05, 0) is 74.7 Å². The molecular weight excluding hydrogens is 358 g/mol. The predicted molar refractivity (Wildman–Crippen MR) is 79.6 cm³/mol. The predicted octanol–water partition coefficient (Wildman–Crippen LogP) is 3.87. The van der Waals surface area contributed by atoms with Crippen molar-refractivity contribution in [3.8, 4) is 0 Å². The number of halogens is 2. The lowest BCUT2D eigenvalue weighted by atomic mass is 10.1. The molecular formula is C14H17Br2NO. The molecule has 0 spiro atoms. The standard InChI is InChI=1S/C14H17Br2NO/c15-11-4-1-9(7-12(11)16)8-17-13-5-6-18-14(13)10-2-3-10/h1,4,7,10,13-14,17H,2-3,5-6,8H2. The number of benzene rings is 1. The summed E-state index contributed by atoms with van der Waals surface area (Å²) in [5.74, 6) is 0.821. The minimum Gasteiger partial charge on any atom is -0.376 e. The molecule has 1 aromatic carbocycles. The molecule has 18 heavy (non-hydrogen) atoms. The lowest BCUT2D eigenvalue weighted by Crippen LogP contribution is -2.37. The van der Waals surface area contributed by atoms with Gasteiger partial charge in [-0.15, -0.1) is 0 Å². The Morgan fingerprint density at radius 3 is 2.72 bits per heavy atom. The normalized spacial score (nSPS) is 27.7. The fourth-order valence-corrected chi connectivity index (χ4v) is 3.29. The zero-order chi connectivity index (χ0) is 12.5. The van der Waals surface area contributed by atoms with Crippen molar-refractivity contribution in [3.63, 3.8) is 0 Å². The molecule has 0 radical (unpaired) electrons. The summed E-state index contributed by atoms with van der Waals surface area (Å²) in [6.07, 6.45) is 4.32. The van der Waals surface area contributed by atoms with E-state index in [1.807, 2.05) is 0 Å². The molecule has 1 aromatic rings. The monoisotopic (exact) mass is 373 g/mol. The van der Waals surface area contributed by atoms with Crippen LogP contribution in [0.2, 0.25) is 0 Å². The van der Waals surface area contributed by atoms with Gasteiger partial charge in [0.05, 0.1) is 6.10 Å². The van der Waals surface area contributed by atoms with E-state index in [4.69, 9.17) is 4.74 Å². The van der Waals surface area contributed by atoms with Crippen molar-refractivity contribution in [3.05, 3.63) is 32.7 Å². The Morgan fingerprint density at radius 2 is 2.00 bits per heavy atom. The van der Waals surface area contributed by atoms with Gasteiger partial charge in [-0.2, -0.15) is 0 Å². The molecule has 2 fully saturated rings. The SMILES string of the molecule is Brc1ccc(CNC2CCOC2C2CC2)cc1Br. The third kappa shape index (κ3) is 2.98. The minimum atomic E-state index is 0.462. The van der Waals surface area contributed by atoms with Crippen molar-refractivity contribution in [1.82, 2.24) is 5.32 Å². The first-order valence-electron chi connectivity index (χ1n) is 6.53. The van der Waals surface area contributed by atoms with E-state index in [0.29, 0.717) is 12.1 Å². The Labute approximate surface area is 125 Å². The van der Waals surface area contributed by atoms with Crippen LogP contribution in [0.5, 0.6) is 0 Å². The van der Waals surface area contributed by atoms with Gasteiger partial charge in [-0.3, -0.25) is 0 Å². The first-order valence-corrected chi connectivity index (χ1v) is 8.11. The van der Waals surface area contributed by atoms with Crippen LogP contribution in [0.3, 0.4) is 0 Å². The highest BCUT2D eigenvalue weighted by Gasteiger charge is 2.40. The Kier molecular flexibility index (Phi) is 4.09. The number of hydrogen-bond donors (Lipinski definition) is 1. The van der Waals surface area contributed by atoms with Gasteiger partial charge in [0, 0.05) is 28.1 Å². The zero-order valence-electron chi connectivity index (χ0n) is 10.2. The fraction of sp³-hybridized carbons (Fsp3) is 0.571. The van der Waals surface area contributed by atoms with Gasteiger partial charge in [0.25, 0.3) is 0 Å². The summed E-state index contributed by atoms with van der Waals surface area (Å²) in [6.45, 7) is 1.84. The summed E-state index contributed by atoms with van der Waals surface area (Å²) in [5.41, 5.74) is 1.31. The largest absolute Gasteiger partial charge is 0.376 e. The third-order valence-corrected chi connectivity index (χ3v) is 5.65. The second-order valence-electron chi connectivity index (χ2n) is 5.20. The number of ether oxygens (including phenoxy) is 1. The average molecular weight is 375 g/mol. The smallest absolute Gasteiger partial charge is 0.0757 e. The maximum absolute atomic E-state index is 5.84. The Morgan fingerprint density at radius 1 is 1.17 bits per heavy atom. The molecule has 3 rings (SSSR count). The molecule has 1 N–H and O–H groups in total. The van der Waals surface area contributed by atoms with E-state index in [-0.39, 0.29) is 0 Å². The van der Waals surface area contributed by atoms with Crippen LogP contribution in [-0.4, -0.2) is 18.8 Å². The van der Waals surface area contributed by atoms with Gasteiger partial charge in [0.2, 0.25) is 0 Å². The van der Waals surface area contributed by atoms with E-state index in [9.17, 15) is 0 Å². The quantitative estimate of drug-likeness (QED) is 0.863. The van der Waals surface area contributed by atoms with Gasteiger partial charge in [-0.1, -0.05) is 6.07 Å². The highest BCUT2D eigenvalue weighted by Crippen LogP contribution is 2.38. The van der Waals surface area contributed by atoms with Crippen LogP contribution in [0, 0.1) is 5.92 Å².